The van der Waals surface area contributed by atoms with Gasteiger partial charge in [-0.1, -0.05) is 6.07 Å². The summed E-state index contributed by atoms with van der Waals surface area (Å²) in [5.74, 6) is -0.631. The van der Waals surface area contributed by atoms with Crippen molar-refractivity contribution in [2.75, 3.05) is 45.2 Å². The Kier molecular flexibility index (Phi) is 5.69. The summed E-state index contributed by atoms with van der Waals surface area (Å²) in [5, 5.41) is 0. The van der Waals surface area contributed by atoms with Gasteiger partial charge in [0, 0.05) is 57.7 Å². The van der Waals surface area contributed by atoms with Crippen LogP contribution in [0.15, 0.2) is 42.6 Å². The molecule has 0 unspecified atom stereocenters. The van der Waals surface area contributed by atoms with Gasteiger partial charge in [-0.15, -0.1) is 0 Å². The topological polar surface area (TPSA) is 56.8 Å². The molecule has 2 heterocycles. The van der Waals surface area contributed by atoms with Crippen molar-refractivity contribution in [2.45, 2.75) is 6.42 Å². The molecular formula is C20H23FN4O2. The second kappa shape index (κ2) is 8.16. The minimum atomic E-state index is -0.421. The number of halogens is 1. The molecule has 0 bridgehead atoms. The maximum absolute atomic E-state index is 14.1. The highest BCUT2D eigenvalue weighted by Crippen LogP contribution is 2.20. The van der Waals surface area contributed by atoms with E-state index in [9.17, 15) is 14.0 Å². The van der Waals surface area contributed by atoms with Gasteiger partial charge in [-0.25, -0.2) is 4.39 Å². The fourth-order valence-corrected chi connectivity index (χ4v) is 3.11. The van der Waals surface area contributed by atoms with Gasteiger partial charge in [0.05, 0.1) is 12.1 Å². The predicted molar refractivity (Wildman–Crippen MR) is 101 cm³/mol. The van der Waals surface area contributed by atoms with E-state index in [0.29, 0.717) is 37.4 Å². The zero-order valence-electron chi connectivity index (χ0n) is 15.6. The van der Waals surface area contributed by atoms with E-state index in [1.807, 2.05) is 18.2 Å². The lowest BCUT2D eigenvalue weighted by Gasteiger charge is -2.35. The van der Waals surface area contributed by atoms with Crippen molar-refractivity contribution in [3.63, 3.8) is 0 Å². The smallest absolute Gasteiger partial charge is 0.254 e. The van der Waals surface area contributed by atoms with E-state index in [4.69, 9.17) is 0 Å². The van der Waals surface area contributed by atoms with E-state index in [-0.39, 0.29) is 18.2 Å². The van der Waals surface area contributed by atoms with Crippen molar-refractivity contribution in [3.8, 4) is 0 Å². The molecule has 0 radical (unpaired) electrons. The molecule has 27 heavy (non-hydrogen) atoms. The van der Waals surface area contributed by atoms with E-state index in [1.54, 1.807) is 47.1 Å². The number of aromatic nitrogens is 1. The molecule has 2 aromatic rings. The normalized spacial score (nSPS) is 14.2. The van der Waals surface area contributed by atoms with Gasteiger partial charge in [-0.3, -0.25) is 14.6 Å². The quantitative estimate of drug-likeness (QED) is 0.824. The van der Waals surface area contributed by atoms with Crippen LogP contribution in [0.5, 0.6) is 0 Å². The zero-order chi connectivity index (χ0) is 19.4. The number of piperazine rings is 1. The average Bonchev–Trinajstić information content (AvgIpc) is 2.68. The molecule has 1 aromatic carbocycles. The van der Waals surface area contributed by atoms with Gasteiger partial charge in [-0.05, 0) is 30.3 Å². The minimum Gasteiger partial charge on any atom is -0.375 e. The first-order chi connectivity index (χ1) is 13.0. The first-order valence-electron chi connectivity index (χ1n) is 8.89. The monoisotopic (exact) mass is 370 g/mol. The van der Waals surface area contributed by atoms with Gasteiger partial charge in [0.1, 0.15) is 5.82 Å². The Hall–Kier alpha value is -2.96. The van der Waals surface area contributed by atoms with Crippen LogP contribution < -0.4 is 4.90 Å². The van der Waals surface area contributed by atoms with E-state index in [2.05, 4.69) is 4.98 Å². The third kappa shape index (κ3) is 4.42. The molecule has 2 amide bonds. The summed E-state index contributed by atoms with van der Waals surface area (Å²) in [6.45, 7) is 1.80. The van der Waals surface area contributed by atoms with Crippen molar-refractivity contribution < 1.29 is 14.0 Å². The van der Waals surface area contributed by atoms with Gasteiger partial charge in [0.15, 0.2) is 0 Å². The average molecular weight is 370 g/mol. The Morgan fingerprint density at radius 2 is 1.78 bits per heavy atom. The van der Waals surface area contributed by atoms with E-state index in [0.717, 1.165) is 5.69 Å². The second-order valence-corrected chi connectivity index (χ2v) is 6.73. The molecule has 0 atom stereocenters. The number of rotatable bonds is 4. The predicted octanol–water partition coefficient (Wildman–Crippen LogP) is 1.81. The molecule has 6 nitrogen and oxygen atoms in total. The molecule has 1 aromatic heterocycles. The summed E-state index contributed by atoms with van der Waals surface area (Å²) in [4.78, 5) is 34.3. The number of nitrogens with zero attached hydrogens (tertiary/aromatic N) is 4. The minimum absolute atomic E-state index is 0.00202. The van der Waals surface area contributed by atoms with Crippen LogP contribution in [0.4, 0.5) is 10.1 Å². The highest BCUT2D eigenvalue weighted by Gasteiger charge is 2.25. The Morgan fingerprint density at radius 3 is 2.37 bits per heavy atom. The van der Waals surface area contributed by atoms with Crippen molar-refractivity contribution in [3.05, 3.63) is 59.7 Å². The first-order valence-corrected chi connectivity index (χ1v) is 8.89. The Labute approximate surface area is 158 Å². The molecule has 142 valence electrons. The lowest BCUT2D eigenvalue weighted by molar-refractivity contribution is -0.132. The maximum atomic E-state index is 14.1. The largest absolute Gasteiger partial charge is 0.375 e. The summed E-state index contributed by atoms with van der Waals surface area (Å²) < 4.78 is 14.1. The van der Waals surface area contributed by atoms with Crippen LogP contribution in [0.3, 0.4) is 0 Å². The van der Waals surface area contributed by atoms with Crippen molar-refractivity contribution in [1.82, 2.24) is 14.8 Å². The molecule has 1 saturated heterocycles. The standard InChI is InChI=1S/C20H23FN4O2/c1-23(2)18-7-6-15(13-17(18)21)20(27)25-11-9-24(10-12-25)19(26)14-16-5-3-4-8-22-16/h3-8,13H,9-12,14H2,1-2H3. The molecule has 1 fully saturated rings. The summed E-state index contributed by atoms with van der Waals surface area (Å²) >= 11 is 0. The number of hydrogen-bond donors (Lipinski definition) is 0. The van der Waals surface area contributed by atoms with Crippen LogP contribution >= 0.6 is 0 Å². The summed E-state index contributed by atoms with van der Waals surface area (Å²) in [6.07, 6.45) is 1.92. The second-order valence-electron chi connectivity index (χ2n) is 6.73. The van der Waals surface area contributed by atoms with Crippen LogP contribution in [-0.4, -0.2) is 66.9 Å². The Morgan fingerprint density at radius 1 is 1.07 bits per heavy atom. The van der Waals surface area contributed by atoms with Crippen LogP contribution in [0.1, 0.15) is 16.1 Å². The lowest BCUT2D eigenvalue weighted by atomic mass is 10.1. The van der Waals surface area contributed by atoms with Gasteiger partial charge in [0.25, 0.3) is 5.91 Å². The highest BCUT2D eigenvalue weighted by molar-refractivity contribution is 5.94. The maximum Gasteiger partial charge on any atom is 0.254 e. The van der Waals surface area contributed by atoms with Gasteiger partial charge in [-0.2, -0.15) is 0 Å². The molecule has 0 saturated carbocycles. The Balaban J connectivity index is 1.58. The lowest BCUT2D eigenvalue weighted by Crippen LogP contribution is -2.51. The summed E-state index contributed by atoms with van der Waals surface area (Å²) in [7, 11) is 3.50. The fourth-order valence-electron chi connectivity index (χ4n) is 3.11. The molecule has 1 aliphatic heterocycles. The number of anilines is 1. The molecule has 0 spiro atoms. The highest BCUT2D eigenvalue weighted by atomic mass is 19.1. The van der Waals surface area contributed by atoms with Crippen LogP contribution in [0.25, 0.3) is 0 Å². The Bertz CT molecular complexity index is 818. The third-order valence-electron chi connectivity index (χ3n) is 4.65. The number of carbonyl (C=O) groups is 2. The van der Waals surface area contributed by atoms with Crippen LogP contribution in [0, 0.1) is 5.82 Å². The molecule has 3 rings (SSSR count). The first kappa shape index (κ1) is 18.8. The third-order valence-corrected chi connectivity index (χ3v) is 4.65. The number of carbonyl (C=O) groups excluding carboxylic acids is 2. The number of pyridine rings is 1. The molecular weight excluding hydrogens is 347 g/mol. The van der Waals surface area contributed by atoms with Crippen molar-refractivity contribution >= 4 is 17.5 Å². The number of benzene rings is 1. The van der Waals surface area contributed by atoms with Gasteiger partial charge < -0.3 is 14.7 Å². The van der Waals surface area contributed by atoms with Crippen LogP contribution in [0.2, 0.25) is 0 Å². The van der Waals surface area contributed by atoms with Crippen molar-refractivity contribution in [1.29, 1.82) is 0 Å². The molecule has 0 N–H and O–H groups in total. The number of hydrogen-bond acceptors (Lipinski definition) is 4. The summed E-state index contributed by atoms with van der Waals surface area (Å²) in [6, 6.07) is 10.0. The molecule has 0 aliphatic carbocycles. The van der Waals surface area contributed by atoms with Crippen LogP contribution in [-0.2, 0) is 11.2 Å². The SMILES string of the molecule is CN(C)c1ccc(C(=O)N2CCN(C(=O)Cc3ccccn3)CC2)cc1F. The molecule has 1 aliphatic rings. The van der Waals surface area contributed by atoms with Crippen molar-refractivity contribution in [2.24, 2.45) is 0 Å². The molecule has 7 heteroatoms. The van der Waals surface area contributed by atoms with E-state index < -0.39 is 5.82 Å². The van der Waals surface area contributed by atoms with Gasteiger partial charge in [0.2, 0.25) is 5.91 Å². The van der Waals surface area contributed by atoms with E-state index in [1.165, 1.54) is 6.07 Å². The number of amides is 2. The zero-order valence-corrected chi connectivity index (χ0v) is 15.6. The van der Waals surface area contributed by atoms with Gasteiger partial charge >= 0.3 is 0 Å². The fraction of sp³-hybridized carbons (Fsp3) is 0.350. The van der Waals surface area contributed by atoms with E-state index >= 15 is 0 Å². The summed E-state index contributed by atoms with van der Waals surface area (Å²) in [5.41, 5.74) is 1.50.